The fourth-order valence-electron chi connectivity index (χ4n) is 10.7. The van der Waals surface area contributed by atoms with Crippen LogP contribution in [0.25, 0.3) is 0 Å². The molecule has 25 atom stereocenters. The van der Waals surface area contributed by atoms with E-state index in [0.29, 0.717) is 0 Å². The van der Waals surface area contributed by atoms with Crippen molar-refractivity contribution in [3.63, 3.8) is 0 Å². The molecule has 0 spiro atoms. The molecule has 7 rings (SSSR count). The zero-order valence-electron chi connectivity index (χ0n) is 44.7. The third-order valence-electron chi connectivity index (χ3n) is 15.2. The van der Waals surface area contributed by atoms with E-state index in [1.807, 2.05) is 0 Å². The number of fused-ring (bicyclic) bond motifs is 3. The Labute approximate surface area is 476 Å². The van der Waals surface area contributed by atoms with E-state index in [0.717, 1.165) is 0 Å². The van der Waals surface area contributed by atoms with E-state index in [1.165, 1.54) is 34.6 Å². The molecule has 0 aliphatic carbocycles. The maximum atomic E-state index is 13.0. The monoisotopic (exact) mass is 1330 g/mol. The molecule has 7 heterocycles. The molecule has 2 bridgehead atoms. The molecule has 7 fully saturated rings. The van der Waals surface area contributed by atoms with E-state index < -0.39 is 247 Å². The van der Waals surface area contributed by atoms with Crippen molar-refractivity contribution < 1.29 is 170 Å². The number of aliphatic carboxylic acids is 1. The fourth-order valence-corrected chi connectivity index (χ4v) is 13.3. The van der Waals surface area contributed by atoms with Gasteiger partial charge in [-0.2, -0.15) is 50.5 Å². The van der Waals surface area contributed by atoms with Crippen LogP contribution < -0.4 is 0 Å². The predicted octanol–water partition coefficient (Wildman–Crippen LogP) is -2.53. The summed E-state index contributed by atoms with van der Waals surface area (Å²) in [6.07, 6.45) is -32.0. The molecule has 486 valence electrons. The van der Waals surface area contributed by atoms with Crippen molar-refractivity contribution in [1.29, 1.82) is 0 Å². The van der Waals surface area contributed by atoms with E-state index in [9.17, 15) is 92.8 Å². The van der Waals surface area contributed by atoms with Gasteiger partial charge in [-0.15, -0.1) is 0 Å². The molecule has 7 aliphatic rings. The lowest BCUT2D eigenvalue weighted by atomic mass is 9.78. The van der Waals surface area contributed by atoms with Gasteiger partial charge in [0.2, 0.25) is 5.79 Å². The molecule has 0 aromatic rings. The van der Waals surface area contributed by atoms with Gasteiger partial charge in [-0.05, 0) is 24.7 Å². The Balaban J connectivity index is 1.34. The van der Waals surface area contributed by atoms with Crippen LogP contribution in [0, 0.1) is 41.4 Å². The van der Waals surface area contributed by atoms with Gasteiger partial charge in [0.15, 0.2) is 37.4 Å². The third kappa shape index (κ3) is 18.2. The summed E-state index contributed by atoms with van der Waals surface area (Å²) in [6, 6.07) is 0. The second kappa shape index (κ2) is 26.7. The summed E-state index contributed by atoms with van der Waals surface area (Å²) in [5.74, 6) is -10.3. The number of carboxylic acid groups (broad SMARTS) is 1. The Kier molecular flexibility index (Phi) is 22.6. The normalized spacial score (nSPS) is 42.3. The van der Waals surface area contributed by atoms with Crippen LogP contribution in [0.3, 0.4) is 0 Å². The highest BCUT2D eigenvalue weighted by Gasteiger charge is 2.65. The summed E-state index contributed by atoms with van der Waals surface area (Å²) in [6.45, 7) is 6.54. The van der Waals surface area contributed by atoms with Gasteiger partial charge in [0, 0.05) is 23.7 Å². The van der Waals surface area contributed by atoms with Gasteiger partial charge in [0.1, 0.15) is 62.2 Å². The minimum atomic E-state index is -5.94. The van der Waals surface area contributed by atoms with E-state index in [2.05, 4.69) is 12.5 Å². The molecule has 8 N–H and O–H groups in total. The lowest BCUT2D eigenvalue weighted by Crippen LogP contribution is -2.73. The lowest BCUT2D eigenvalue weighted by molar-refractivity contribution is -0.479. The molecule has 44 heteroatoms. The quantitative estimate of drug-likeness (QED) is 0.0327. The van der Waals surface area contributed by atoms with E-state index in [4.69, 9.17) is 64.7 Å². The number of hydrogen-bond acceptors (Lipinski definition) is 31. The third-order valence-corrected chi connectivity index (χ3v) is 17.9. The molecule has 11 unspecified atom stereocenters. The highest BCUT2D eigenvalue weighted by Crippen LogP contribution is 2.48. The van der Waals surface area contributed by atoms with Gasteiger partial charge in [-0.25, -0.2) is 29.9 Å². The summed E-state index contributed by atoms with van der Waals surface area (Å²) in [4.78, 5) is 13.0. The van der Waals surface area contributed by atoms with Crippen molar-refractivity contribution in [2.24, 2.45) is 41.4 Å². The molecule has 7 saturated heterocycles. The van der Waals surface area contributed by atoms with Gasteiger partial charge < -0.3 is 62.3 Å². The zero-order valence-corrected chi connectivity index (χ0v) is 49.6. The Morgan fingerprint density at radius 3 is 1.43 bits per heavy atom. The van der Waals surface area contributed by atoms with Gasteiger partial charge >= 0.3 is 68.4 Å². The molecule has 0 saturated carbocycles. The standard InChI is InChI=1S/C39H66O38S6/c1-14-15(2)22(9-63-78(43,44)45)67-35(17(14)4)70-27-16(3)18(5)36(72-31(27)34(41)42)71-29-24(11-65-80(49,50)51)68-37(32(77-83(58,59)60)30(29)76-82(55,56)57)73-33-20(7)28-38(74-39(33,12-61-28)62-13-40)69-26-19(6)25(75-81(52,53)54)21(8)66-23(26)10-64-79(46,47)48/h14-33,35-38,40H,9-13H2,1-8H3,(H,41,42)(H,43,44,45)(H,46,47,48)(H,49,50,51)(H,52,53,54)(H,55,56,57)(H,58,59,60)/t14?,15-,16?,17?,18?,19?,20+,21+,22-,23-,24?,25?,26-,27-,28+,29?,30-,31+,32?,33?,35+,36+,37-,38+,39?/m0/s1. The summed E-state index contributed by atoms with van der Waals surface area (Å²) in [7, 11) is -32.7. The molecule has 0 aromatic carbocycles. The van der Waals surface area contributed by atoms with Crippen LogP contribution in [0.4, 0.5) is 0 Å². The minimum absolute atomic E-state index is 0.322. The molecule has 0 amide bonds. The Hall–Kier alpha value is -1.79. The average molecular weight is 1340 g/mol. The maximum absolute atomic E-state index is 13.0. The smallest absolute Gasteiger partial charge is 0.397 e. The molecule has 0 aromatic heterocycles. The van der Waals surface area contributed by atoms with Crippen LogP contribution in [0.5, 0.6) is 0 Å². The summed E-state index contributed by atoms with van der Waals surface area (Å²) in [5, 5.41) is 20.8. The Morgan fingerprint density at radius 2 is 0.916 bits per heavy atom. The largest absolute Gasteiger partial charge is 0.479 e. The molecular weight excluding hydrogens is 1270 g/mol. The fraction of sp³-hybridized carbons (Fsp3) is 0.974. The number of aliphatic hydroxyl groups is 1. The summed E-state index contributed by atoms with van der Waals surface area (Å²) in [5.41, 5.74) is 0. The van der Waals surface area contributed by atoms with Gasteiger partial charge in [-0.1, -0.05) is 48.5 Å². The van der Waals surface area contributed by atoms with Crippen LogP contribution in [-0.4, -0.2) is 238 Å². The molecule has 38 nitrogen and oxygen atoms in total. The van der Waals surface area contributed by atoms with Crippen molar-refractivity contribution in [3.8, 4) is 0 Å². The average Bonchev–Trinajstić information content (AvgIpc) is 1.47. The number of hydrogen-bond donors (Lipinski definition) is 8. The Morgan fingerprint density at radius 1 is 0.458 bits per heavy atom. The molecule has 83 heavy (non-hydrogen) atoms. The predicted molar refractivity (Wildman–Crippen MR) is 259 cm³/mol. The first-order valence-corrected chi connectivity index (χ1v) is 32.9. The van der Waals surface area contributed by atoms with Crippen molar-refractivity contribution in [2.45, 2.75) is 166 Å². The van der Waals surface area contributed by atoms with Crippen LogP contribution in [-0.2, 0) is 144 Å². The van der Waals surface area contributed by atoms with Crippen LogP contribution in [0.15, 0.2) is 0 Å². The van der Waals surface area contributed by atoms with Gasteiger partial charge in [0.05, 0.1) is 38.1 Å². The van der Waals surface area contributed by atoms with Crippen molar-refractivity contribution in [3.05, 3.63) is 0 Å². The number of ether oxygens (including phenoxy) is 11. The molecule has 7 aliphatic heterocycles. The summed E-state index contributed by atoms with van der Waals surface area (Å²) >= 11 is 0. The van der Waals surface area contributed by atoms with Gasteiger partial charge in [0.25, 0.3) is 0 Å². The second-order valence-electron chi connectivity index (χ2n) is 20.6. The van der Waals surface area contributed by atoms with E-state index in [1.54, 1.807) is 20.8 Å². The SMILES string of the molecule is CC1C(C)[C@H](C)[C@H](COS(=O)(=O)O)O[C@@H]1O[C@H]1C(C)C(C)[C@H](OC2C(COS(=O)(=O)O)O[C@@H](OC3[C@H](C)[C@H]4OCC3(OCO)O[C@H]4O[C@H]3C(C)C(OS(=O)(=O)O)[C@@H](C)O[C@H]3COS(=O)(=O)O)C(OS(=O)(=O)O)[C@H]2OS(=O)(=O)O)O[C@H]1C(=O)O. The highest BCUT2D eigenvalue weighted by molar-refractivity contribution is 7.82. The first kappa shape index (κ1) is 70.3. The topological polar surface area (TPSA) is 541 Å². The maximum Gasteiger partial charge on any atom is 0.397 e. The van der Waals surface area contributed by atoms with Crippen molar-refractivity contribution in [2.75, 3.05) is 33.2 Å². The number of aliphatic hydroxyl groups excluding tert-OH is 1. The zero-order chi connectivity index (χ0) is 62.5. The molecule has 0 radical (unpaired) electrons. The lowest BCUT2D eigenvalue weighted by Gasteiger charge is -2.58. The second-order valence-corrected chi connectivity index (χ2v) is 27.0. The van der Waals surface area contributed by atoms with E-state index in [-0.39, 0.29) is 5.92 Å². The van der Waals surface area contributed by atoms with Crippen molar-refractivity contribution in [1.82, 2.24) is 0 Å². The van der Waals surface area contributed by atoms with Crippen LogP contribution in [0.1, 0.15) is 55.4 Å². The number of carboxylic acids is 1. The first-order valence-electron chi connectivity index (χ1n) is 24.7. The van der Waals surface area contributed by atoms with Crippen LogP contribution >= 0.6 is 0 Å². The van der Waals surface area contributed by atoms with E-state index >= 15 is 0 Å². The first-order chi connectivity index (χ1) is 37.9. The van der Waals surface area contributed by atoms with Gasteiger partial charge in [-0.3, -0.25) is 27.3 Å². The van der Waals surface area contributed by atoms with Crippen LogP contribution in [0.2, 0.25) is 0 Å². The number of carbonyl (C=O) groups is 1. The van der Waals surface area contributed by atoms with Crippen molar-refractivity contribution >= 4 is 68.4 Å². The minimum Gasteiger partial charge on any atom is -0.479 e. The molecular formula is C39H66O38S6. The Bertz CT molecular complexity index is 2930. The summed E-state index contributed by atoms with van der Waals surface area (Å²) < 4.78 is 297. The highest BCUT2D eigenvalue weighted by atomic mass is 32.3. The number of rotatable bonds is 26.